The molecule has 0 aliphatic carbocycles. The van der Waals surface area contributed by atoms with Crippen molar-refractivity contribution in [3.8, 4) is 0 Å². The summed E-state index contributed by atoms with van der Waals surface area (Å²) in [5, 5.41) is 2.54. The first-order valence-electron chi connectivity index (χ1n) is 6.63. The van der Waals surface area contributed by atoms with Crippen molar-refractivity contribution in [3.05, 3.63) is 35.4 Å². The lowest BCUT2D eigenvalue weighted by Gasteiger charge is -2.26. The second-order valence-electron chi connectivity index (χ2n) is 5.03. The van der Waals surface area contributed by atoms with Crippen LogP contribution in [-0.4, -0.2) is 48.4 Å². The largest absolute Gasteiger partial charge is 0.336 e. The van der Waals surface area contributed by atoms with Gasteiger partial charge < -0.3 is 5.32 Å². The fourth-order valence-electron chi connectivity index (χ4n) is 2.22. The standard InChI is InChI=1S/C14H17F2N3O2/c1-9(11-7-10(15)3-4-12(11)16)18(2)8-13(20)19-6-5-17-14(19)21/h3-4,7,9H,5-6,8H2,1-2H3,(H,17,21)/t9-/m1/s1. The summed E-state index contributed by atoms with van der Waals surface area (Å²) in [5.41, 5.74) is 0.177. The van der Waals surface area contributed by atoms with Gasteiger partial charge in [-0.25, -0.2) is 13.6 Å². The third-order valence-electron chi connectivity index (χ3n) is 3.61. The Hall–Kier alpha value is -2.02. The van der Waals surface area contributed by atoms with Gasteiger partial charge in [-0.05, 0) is 32.2 Å². The van der Waals surface area contributed by atoms with E-state index in [1.54, 1.807) is 18.9 Å². The molecule has 0 bridgehead atoms. The zero-order valence-corrected chi connectivity index (χ0v) is 11.9. The van der Waals surface area contributed by atoms with Gasteiger partial charge in [-0.3, -0.25) is 14.6 Å². The van der Waals surface area contributed by atoms with Crippen molar-refractivity contribution in [1.29, 1.82) is 0 Å². The number of nitrogens with zero attached hydrogens (tertiary/aromatic N) is 2. The van der Waals surface area contributed by atoms with Crippen LogP contribution in [0.2, 0.25) is 0 Å². The Bertz CT molecular complexity index is 565. The quantitative estimate of drug-likeness (QED) is 0.916. The van der Waals surface area contributed by atoms with Crippen molar-refractivity contribution >= 4 is 11.9 Å². The molecule has 21 heavy (non-hydrogen) atoms. The molecular formula is C14H17F2N3O2. The molecular weight excluding hydrogens is 280 g/mol. The van der Waals surface area contributed by atoms with Crippen LogP contribution in [0.1, 0.15) is 18.5 Å². The van der Waals surface area contributed by atoms with E-state index in [1.807, 2.05) is 0 Å². The minimum Gasteiger partial charge on any atom is -0.336 e. The third-order valence-corrected chi connectivity index (χ3v) is 3.61. The Morgan fingerprint density at radius 2 is 2.19 bits per heavy atom. The van der Waals surface area contributed by atoms with E-state index in [1.165, 1.54) is 0 Å². The van der Waals surface area contributed by atoms with Gasteiger partial charge in [-0.1, -0.05) is 0 Å². The predicted octanol–water partition coefficient (Wildman–Crippen LogP) is 1.51. The maximum absolute atomic E-state index is 13.7. The molecule has 1 fully saturated rings. The summed E-state index contributed by atoms with van der Waals surface area (Å²) in [5.74, 6) is -1.42. The maximum Gasteiger partial charge on any atom is 0.324 e. The van der Waals surface area contributed by atoms with Gasteiger partial charge in [0.25, 0.3) is 0 Å². The van der Waals surface area contributed by atoms with Gasteiger partial charge in [-0.2, -0.15) is 0 Å². The van der Waals surface area contributed by atoms with Gasteiger partial charge in [-0.15, -0.1) is 0 Å². The second-order valence-corrected chi connectivity index (χ2v) is 5.03. The monoisotopic (exact) mass is 297 g/mol. The first-order valence-corrected chi connectivity index (χ1v) is 6.63. The number of carbonyl (C=O) groups excluding carboxylic acids is 2. The van der Waals surface area contributed by atoms with Crippen LogP contribution in [0.5, 0.6) is 0 Å². The molecule has 1 aromatic rings. The van der Waals surface area contributed by atoms with Crippen LogP contribution >= 0.6 is 0 Å². The van der Waals surface area contributed by atoms with Crippen molar-refractivity contribution < 1.29 is 18.4 Å². The number of nitrogens with one attached hydrogen (secondary N) is 1. The molecule has 114 valence electrons. The summed E-state index contributed by atoms with van der Waals surface area (Å²) < 4.78 is 26.9. The zero-order valence-electron chi connectivity index (χ0n) is 11.9. The second kappa shape index (κ2) is 6.17. The lowest BCUT2D eigenvalue weighted by Crippen LogP contribution is -2.41. The van der Waals surface area contributed by atoms with E-state index < -0.39 is 23.7 Å². The number of amides is 3. The summed E-state index contributed by atoms with van der Waals surface area (Å²) in [6, 6.07) is 2.31. The molecule has 0 aromatic heterocycles. The van der Waals surface area contributed by atoms with Gasteiger partial charge in [0, 0.05) is 24.7 Å². The first kappa shape index (κ1) is 15.4. The van der Waals surface area contributed by atoms with E-state index in [0.717, 1.165) is 23.1 Å². The zero-order chi connectivity index (χ0) is 15.6. The number of hydrogen-bond donors (Lipinski definition) is 1. The van der Waals surface area contributed by atoms with E-state index in [9.17, 15) is 18.4 Å². The highest BCUT2D eigenvalue weighted by Crippen LogP contribution is 2.22. The molecule has 1 aliphatic rings. The normalized spacial score (nSPS) is 16.2. The molecule has 1 heterocycles. The Labute approximate surface area is 121 Å². The topological polar surface area (TPSA) is 52.7 Å². The molecule has 5 nitrogen and oxygen atoms in total. The van der Waals surface area contributed by atoms with E-state index in [4.69, 9.17) is 0 Å². The van der Waals surface area contributed by atoms with E-state index in [0.29, 0.717) is 13.1 Å². The maximum atomic E-state index is 13.7. The number of urea groups is 1. The molecule has 0 spiro atoms. The Balaban J connectivity index is 2.05. The molecule has 1 aromatic carbocycles. The average Bonchev–Trinajstić information content (AvgIpc) is 2.87. The number of rotatable bonds is 4. The van der Waals surface area contributed by atoms with Gasteiger partial charge in [0.15, 0.2) is 0 Å². The Kier molecular flexibility index (Phi) is 4.52. The molecule has 0 unspecified atom stereocenters. The van der Waals surface area contributed by atoms with Crippen molar-refractivity contribution in [2.75, 3.05) is 26.7 Å². The minimum atomic E-state index is -0.531. The van der Waals surface area contributed by atoms with Gasteiger partial charge in [0.05, 0.1) is 6.54 Å². The number of halogens is 2. The van der Waals surface area contributed by atoms with E-state index in [2.05, 4.69) is 5.32 Å². The summed E-state index contributed by atoms with van der Waals surface area (Å²) in [4.78, 5) is 26.1. The van der Waals surface area contributed by atoms with Crippen LogP contribution in [0.4, 0.5) is 13.6 Å². The van der Waals surface area contributed by atoms with Crippen LogP contribution in [-0.2, 0) is 4.79 Å². The summed E-state index contributed by atoms with van der Waals surface area (Å²) in [6.45, 7) is 2.39. The molecule has 7 heteroatoms. The Morgan fingerprint density at radius 1 is 1.48 bits per heavy atom. The smallest absolute Gasteiger partial charge is 0.324 e. The van der Waals surface area contributed by atoms with Gasteiger partial charge in [0.2, 0.25) is 5.91 Å². The van der Waals surface area contributed by atoms with Crippen molar-refractivity contribution in [3.63, 3.8) is 0 Å². The van der Waals surface area contributed by atoms with Crippen LogP contribution in [0, 0.1) is 11.6 Å². The van der Waals surface area contributed by atoms with Crippen LogP contribution in [0.15, 0.2) is 18.2 Å². The number of carbonyl (C=O) groups is 2. The van der Waals surface area contributed by atoms with Crippen LogP contribution in [0.25, 0.3) is 0 Å². The first-order chi connectivity index (χ1) is 9.90. The lowest BCUT2D eigenvalue weighted by atomic mass is 10.1. The average molecular weight is 297 g/mol. The highest BCUT2D eigenvalue weighted by Gasteiger charge is 2.28. The van der Waals surface area contributed by atoms with Gasteiger partial charge in [0.1, 0.15) is 11.6 Å². The Morgan fingerprint density at radius 3 is 2.81 bits per heavy atom. The van der Waals surface area contributed by atoms with E-state index >= 15 is 0 Å². The van der Waals surface area contributed by atoms with Crippen LogP contribution < -0.4 is 5.32 Å². The number of imide groups is 1. The number of benzene rings is 1. The highest BCUT2D eigenvalue weighted by atomic mass is 19.1. The fourth-order valence-corrected chi connectivity index (χ4v) is 2.22. The fraction of sp³-hybridized carbons (Fsp3) is 0.429. The molecule has 0 radical (unpaired) electrons. The van der Waals surface area contributed by atoms with Crippen molar-refractivity contribution in [1.82, 2.24) is 15.1 Å². The molecule has 1 saturated heterocycles. The molecule has 1 N–H and O–H groups in total. The minimum absolute atomic E-state index is 0.0511. The predicted molar refractivity (Wildman–Crippen MR) is 72.5 cm³/mol. The SMILES string of the molecule is C[C@H](c1cc(F)ccc1F)N(C)CC(=O)N1CCNC1=O. The van der Waals surface area contributed by atoms with Gasteiger partial charge >= 0.3 is 6.03 Å². The number of hydrogen-bond acceptors (Lipinski definition) is 3. The molecule has 2 rings (SSSR count). The lowest BCUT2D eigenvalue weighted by molar-refractivity contribution is -0.128. The summed E-state index contributed by atoms with van der Waals surface area (Å²) >= 11 is 0. The third kappa shape index (κ3) is 3.36. The molecule has 1 atom stereocenters. The van der Waals surface area contributed by atoms with Crippen molar-refractivity contribution in [2.24, 2.45) is 0 Å². The summed E-state index contributed by atoms with van der Waals surface area (Å²) in [7, 11) is 1.63. The number of likely N-dealkylation sites (N-methyl/N-ethyl adjacent to an activating group) is 1. The van der Waals surface area contributed by atoms with E-state index in [-0.39, 0.29) is 18.0 Å². The van der Waals surface area contributed by atoms with Crippen LogP contribution in [0.3, 0.4) is 0 Å². The van der Waals surface area contributed by atoms with Crippen molar-refractivity contribution in [2.45, 2.75) is 13.0 Å². The molecule has 3 amide bonds. The molecule has 1 aliphatic heterocycles. The molecule has 0 saturated carbocycles. The highest BCUT2D eigenvalue weighted by molar-refractivity contribution is 5.96. The summed E-state index contributed by atoms with van der Waals surface area (Å²) in [6.07, 6.45) is 0.